The van der Waals surface area contributed by atoms with Gasteiger partial charge in [-0.1, -0.05) is 45.3 Å². The number of benzene rings is 1. The molecule has 13 heteroatoms. The number of unbranched alkanes of at least 4 members (excludes halogenated alkanes) is 1. The molecule has 7 N–H and O–H groups in total. The van der Waals surface area contributed by atoms with E-state index in [2.05, 4.69) is 31.7 Å². The van der Waals surface area contributed by atoms with Gasteiger partial charge in [-0.3, -0.25) is 14.2 Å². The number of anilines is 2. The van der Waals surface area contributed by atoms with Crippen molar-refractivity contribution in [2.45, 2.75) is 78.7 Å². The number of aliphatic hydroxyl groups excluding tert-OH is 2. The number of aliphatic hydroxyl groups is 2. The number of carbonyl (C=O) groups excluding carboxylic acids is 1. The molecule has 1 unspecified atom stereocenters. The molecule has 1 atom stereocenters. The molecule has 46 heavy (non-hydrogen) atoms. The summed E-state index contributed by atoms with van der Waals surface area (Å²) in [7, 11) is 0. The first kappa shape index (κ1) is 47.2. The molecule has 0 radical (unpaired) electrons. The molecule has 0 aliphatic heterocycles. The van der Waals surface area contributed by atoms with Crippen LogP contribution in [0.3, 0.4) is 0 Å². The van der Waals surface area contributed by atoms with E-state index >= 15 is 0 Å². The van der Waals surface area contributed by atoms with Gasteiger partial charge in [-0.05, 0) is 76.2 Å². The average molecular weight is 832 g/mol. The molecule has 0 amide bonds. The smallest absolute Gasteiger partial charge is 0.293 e. The number of rotatable bonds is 14. The Balaban J connectivity index is -0.000000644. The molecule has 0 bridgehead atoms. The fraction of sp³-hybridized carbons (Fsp3) is 0.485. The molecule has 0 aliphatic carbocycles. The minimum atomic E-state index is -0.408. The molecule has 0 aliphatic rings. The van der Waals surface area contributed by atoms with Gasteiger partial charge in [-0.2, -0.15) is 5.26 Å². The second-order valence-corrected chi connectivity index (χ2v) is 11.6. The summed E-state index contributed by atoms with van der Waals surface area (Å²) in [5.41, 5.74) is 13.3. The first-order valence-electron chi connectivity index (χ1n) is 14.7. The third-order valence-corrected chi connectivity index (χ3v) is 6.93. The molecule has 11 nitrogen and oxygen atoms in total. The number of nitrogens with two attached hydrogens (primary N) is 2. The first-order chi connectivity index (χ1) is 21.2. The zero-order valence-electron chi connectivity index (χ0n) is 28.1. The van der Waals surface area contributed by atoms with Crippen LogP contribution in [-0.2, 0) is 37.1 Å². The molecule has 0 spiro atoms. The maximum atomic E-state index is 12.2. The predicted octanol–water partition coefficient (Wildman–Crippen LogP) is 5.93. The standard InChI is InChI=1S/C15H23N3O2.C11H16N2O3S.C4H8.C3H6O.W/c1-4-6-7-11(5-2)9-18-14(19)12(8-16)10(3)13(17)15(18)20;12-10-1-3-11(4-2-10)17-13(5-7-14)6-8-16-9-15;1-4(2)3;1-3(2)4;/h11,19H,4-7,9,17H2,1-3H3;1-4,9,14H,5-8,12H2;1H2,2-3H3;4H,1H2,2H3;. The van der Waals surface area contributed by atoms with Crippen molar-refractivity contribution in [3.63, 3.8) is 0 Å². The first-order valence-corrected chi connectivity index (χ1v) is 15.5. The van der Waals surface area contributed by atoms with Gasteiger partial charge in [0.05, 0.1) is 12.4 Å². The van der Waals surface area contributed by atoms with Crippen LogP contribution in [-0.4, -0.2) is 57.0 Å². The van der Waals surface area contributed by atoms with Crippen molar-refractivity contribution < 1.29 is 45.9 Å². The van der Waals surface area contributed by atoms with E-state index in [9.17, 15) is 14.7 Å². The molecule has 1 heterocycles. The second-order valence-electron chi connectivity index (χ2n) is 10.4. The second kappa shape index (κ2) is 28.0. The van der Waals surface area contributed by atoms with Crippen molar-refractivity contribution in [2.75, 3.05) is 37.8 Å². The Kier molecular flexibility index (Phi) is 28.7. The van der Waals surface area contributed by atoms with Crippen LogP contribution in [0.2, 0.25) is 0 Å². The van der Waals surface area contributed by atoms with E-state index in [0.29, 0.717) is 49.9 Å². The van der Waals surface area contributed by atoms with Crippen LogP contribution in [0.15, 0.2) is 58.4 Å². The SMILES string of the molecule is C=C(C)C.C=C(C)O.CCCCC(CC)Cn1c(O)c(C#N)c(C)c(N)c1=O.Nc1ccc(SN(CCO)CCOC=O)cc1.[W]. The number of nitriles is 1. The van der Waals surface area contributed by atoms with Gasteiger partial charge in [-0.25, -0.2) is 4.31 Å². The average Bonchev–Trinajstić information content (AvgIpc) is 2.97. The van der Waals surface area contributed by atoms with E-state index in [1.807, 2.05) is 48.5 Å². The zero-order valence-corrected chi connectivity index (χ0v) is 31.9. The Morgan fingerprint density at radius 3 is 2.15 bits per heavy atom. The van der Waals surface area contributed by atoms with Crippen LogP contribution in [0.5, 0.6) is 5.88 Å². The van der Waals surface area contributed by atoms with Crippen LogP contribution >= 0.6 is 11.9 Å². The Hall–Kier alpha value is -3.23. The van der Waals surface area contributed by atoms with E-state index in [1.165, 1.54) is 29.0 Å². The molecule has 1 aromatic heterocycles. The summed E-state index contributed by atoms with van der Waals surface area (Å²) < 4.78 is 7.80. The van der Waals surface area contributed by atoms with Crippen molar-refractivity contribution in [3.05, 3.63) is 70.2 Å². The summed E-state index contributed by atoms with van der Waals surface area (Å²) >= 11 is 1.49. The number of nitrogens with zero attached hydrogens (tertiary/aromatic N) is 3. The molecule has 1 aromatic carbocycles. The van der Waals surface area contributed by atoms with Gasteiger partial charge in [-0.15, -0.1) is 6.58 Å². The number of nitrogen functional groups attached to an aromatic ring is 2. The van der Waals surface area contributed by atoms with Gasteiger partial charge in [0.2, 0.25) is 5.88 Å². The molecular weight excluding hydrogens is 778 g/mol. The summed E-state index contributed by atoms with van der Waals surface area (Å²) in [6, 6.07) is 9.37. The van der Waals surface area contributed by atoms with Gasteiger partial charge < -0.3 is 31.5 Å². The van der Waals surface area contributed by atoms with Crippen LogP contribution in [0.25, 0.3) is 0 Å². The van der Waals surface area contributed by atoms with Crippen LogP contribution in [0.1, 0.15) is 71.4 Å². The fourth-order valence-corrected chi connectivity index (χ4v) is 4.41. The summed E-state index contributed by atoms with van der Waals surface area (Å²) in [5, 5.41) is 36.0. The Morgan fingerprint density at radius 2 is 1.72 bits per heavy atom. The van der Waals surface area contributed by atoms with Gasteiger partial charge in [0.15, 0.2) is 0 Å². The number of aromatic hydroxyl groups is 1. The summed E-state index contributed by atoms with van der Waals surface area (Å²) in [6.45, 7) is 20.2. The molecule has 2 aromatic rings. The van der Waals surface area contributed by atoms with E-state index in [0.717, 1.165) is 30.6 Å². The molecule has 2 rings (SSSR count). The number of aromatic nitrogens is 1. The quantitative estimate of drug-likeness (QED) is 0.0379. The molecular formula is C33H53N5O6SW. The van der Waals surface area contributed by atoms with E-state index in [1.54, 1.807) is 6.92 Å². The van der Waals surface area contributed by atoms with Crippen molar-refractivity contribution in [2.24, 2.45) is 5.92 Å². The number of pyridine rings is 1. The van der Waals surface area contributed by atoms with Gasteiger partial charge in [0.1, 0.15) is 23.9 Å². The number of allylic oxidation sites excluding steroid dienone is 2. The molecule has 0 fully saturated rings. The van der Waals surface area contributed by atoms with Crippen molar-refractivity contribution in [1.82, 2.24) is 8.87 Å². The van der Waals surface area contributed by atoms with Gasteiger partial charge in [0, 0.05) is 56.8 Å². The zero-order chi connectivity index (χ0) is 34.9. The predicted molar refractivity (Wildman–Crippen MR) is 185 cm³/mol. The molecule has 0 saturated heterocycles. The van der Waals surface area contributed by atoms with Crippen LogP contribution in [0, 0.1) is 24.2 Å². The van der Waals surface area contributed by atoms with Crippen molar-refractivity contribution >= 4 is 29.8 Å². The van der Waals surface area contributed by atoms with E-state index < -0.39 is 5.56 Å². The fourth-order valence-electron chi connectivity index (χ4n) is 3.51. The van der Waals surface area contributed by atoms with E-state index in [4.69, 9.17) is 26.9 Å². The Bertz CT molecular complexity index is 1250. The number of ether oxygens (including phenoxy) is 1. The van der Waals surface area contributed by atoms with Gasteiger partial charge >= 0.3 is 0 Å². The molecule has 0 saturated carbocycles. The van der Waals surface area contributed by atoms with Gasteiger partial charge in [0.25, 0.3) is 12.0 Å². The normalized spacial score (nSPS) is 10.2. The minimum Gasteiger partial charge on any atom is -0.513 e. The Labute approximate surface area is 293 Å². The maximum Gasteiger partial charge on any atom is 0.293 e. The minimum absolute atomic E-state index is 0. The third-order valence-electron chi connectivity index (χ3n) is 5.82. The topological polar surface area (TPSA) is 188 Å². The van der Waals surface area contributed by atoms with Crippen LogP contribution in [0.4, 0.5) is 11.4 Å². The largest absolute Gasteiger partial charge is 0.513 e. The van der Waals surface area contributed by atoms with E-state index in [-0.39, 0.29) is 50.6 Å². The third kappa shape index (κ3) is 21.5. The molecule has 258 valence electrons. The maximum absolute atomic E-state index is 12.2. The number of carbonyl (C=O) groups is 1. The monoisotopic (exact) mass is 831 g/mol. The van der Waals surface area contributed by atoms with Crippen molar-refractivity contribution in [3.8, 4) is 11.9 Å². The van der Waals surface area contributed by atoms with Crippen molar-refractivity contribution in [1.29, 1.82) is 5.26 Å². The number of hydrogen-bond donors (Lipinski definition) is 5. The summed E-state index contributed by atoms with van der Waals surface area (Å²) in [5.74, 6) is 0.200. The van der Waals surface area contributed by atoms with Crippen LogP contribution < -0.4 is 17.0 Å². The Morgan fingerprint density at radius 1 is 1.17 bits per heavy atom. The number of hydrogen-bond acceptors (Lipinski definition) is 11. The summed E-state index contributed by atoms with van der Waals surface area (Å²) in [6.07, 6.45) is 4.09. The summed E-state index contributed by atoms with van der Waals surface area (Å²) in [4.78, 5) is 23.2.